The Hall–Kier alpha value is -2.30. The highest BCUT2D eigenvalue weighted by Gasteiger charge is 2.11. The van der Waals surface area contributed by atoms with Gasteiger partial charge in [0.1, 0.15) is 5.75 Å². The third-order valence-corrected chi connectivity index (χ3v) is 2.55. The number of H-pyrrole nitrogens is 1. The highest BCUT2D eigenvalue weighted by Crippen LogP contribution is 2.24. The van der Waals surface area contributed by atoms with E-state index >= 15 is 0 Å². The molecule has 19 heavy (non-hydrogen) atoms. The van der Waals surface area contributed by atoms with Crippen LogP contribution in [0.4, 0.5) is 0 Å². The number of nitrogens with one attached hydrogen (secondary N) is 1. The van der Waals surface area contributed by atoms with E-state index in [9.17, 15) is 4.79 Å². The molecular weight excluding hydrogens is 244 g/mol. The molecule has 0 fully saturated rings. The Bertz CT molecular complexity index is 558. The molecule has 5 nitrogen and oxygen atoms in total. The van der Waals surface area contributed by atoms with Gasteiger partial charge in [-0.25, -0.2) is 4.98 Å². The van der Waals surface area contributed by atoms with Crippen LogP contribution in [-0.2, 0) is 11.2 Å². The van der Waals surface area contributed by atoms with E-state index in [0.29, 0.717) is 11.4 Å². The van der Waals surface area contributed by atoms with Gasteiger partial charge < -0.3 is 14.8 Å². The molecule has 0 spiro atoms. The van der Waals surface area contributed by atoms with Gasteiger partial charge in [-0.05, 0) is 38.1 Å². The van der Waals surface area contributed by atoms with Crippen molar-refractivity contribution >= 4 is 5.97 Å². The number of nitrogens with zero attached hydrogens (tertiary/aromatic N) is 1. The minimum atomic E-state index is -0.884. The number of hydrogen-bond donors (Lipinski definition) is 2. The number of aromatic amines is 1. The first kappa shape index (κ1) is 13.1. The molecule has 2 aromatic rings. The summed E-state index contributed by atoms with van der Waals surface area (Å²) in [5.74, 6) is -0.0978. The van der Waals surface area contributed by atoms with Crippen molar-refractivity contribution in [3.8, 4) is 17.0 Å². The summed E-state index contributed by atoms with van der Waals surface area (Å²) in [6.45, 7) is 3.93. The summed E-state index contributed by atoms with van der Waals surface area (Å²) in [7, 11) is 0. The third-order valence-electron chi connectivity index (χ3n) is 2.55. The van der Waals surface area contributed by atoms with Crippen molar-refractivity contribution in [1.29, 1.82) is 0 Å². The number of carboxylic acids is 1. The largest absolute Gasteiger partial charge is 0.491 e. The molecule has 2 N–H and O–H groups in total. The fourth-order valence-corrected chi connectivity index (χ4v) is 1.82. The standard InChI is InChI=1S/C14H16N2O3/c1-9(2)19-11-5-3-10(4-6-11)14-12(7-13(17)18)15-8-16-14/h3-6,8-9H,7H2,1-2H3,(H,15,16)(H,17,18). The Morgan fingerprint density at radius 2 is 2.05 bits per heavy atom. The lowest BCUT2D eigenvalue weighted by molar-refractivity contribution is -0.136. The summed E-state index contributed by atoms with van der Waals surface area (Å²) in [6.07, 6.45) is 1.56. The lowest BCUT2D eigenvalue weighted by Gasteiger charge is -2.09. The van der Waals surface area contributed by atoms with Crippen LogP contribution in [0, 0.1) is 0 Å². The average molecular weight is 260 g/mol. The maximum Gasteiger partial charge on any atom is 0.309 e. The van der Waals surface area contributed by atoms with Crippen LogP contribution in [0.2, 0.25) is 0 Å². The van der Waals surface area contributed by atoms with Gasteiger partial charge in [-0.2, -0.15) is 0 Å². The van der Waals surface area contributed by atoms with Gasteiger partial charge >= 0.3 is 5.97 Å². The molecule has 0 bridgehead atoms. The first-order valence-electron chi connectivity index (χ1n) is 6.07. The second kappa shape index (κ2) is 5.56. The normalized spacial score (nSPS) is 10.7. The molecule has 1 aromatic carbocycles. The first-order chi connectivity index (χ1) is 9.06. The maximum atomic E-state index is 10.8. The average Bonchev–Trinajstić information content (AvgIpc) is 2.76. The number of hydrogen-bond acceptors (Lipinski definition) is 3. The van der Waals surface area contributed by atoms with Gasteiger partial charge in [0.15, 0.2) is 0 Å². The van der Waals surface area contributed by atoms with Crippen LogP contribution in [0.3, 0.4) is 0 Å². The summed E-state index contributed by atoms with van der Waals surface area (Å²) in [5, 5.41) is 8.83. The van der Waals surface area contributed by atoms with E-state index in [4.69, 9.17) is 9.84 Å². The fourth-order valence-electron chi connectivity index (χ4n) is 1.82. The minimum Gasteiger partial charge on any atom is -0.491 e. The Morgan fingerprint density at radius 3 is 2.63 bits per heavy atom. The van der Waals surface area contributed by atoms with Crippen LogP contribution in [0.25, 0.3) is 11.3 Å². The zero-order chi connectivity index (χ0) is 13.8. The Kier molecular flexibility index (Phi) is 3.85. The van der Waals surface area contributed by atoms with Gasteiger partial charge in [0.05, 0.1) is 30.2 Å². The second-order valence-electron chi connectivity index (χ2n) is 4.49. The number of benzene rings is 1. The Labute approximate surface area is 111 Å². The molecule has 0 aliphatic carbocycles. The molecule has 0 aliphatic rings. The second-order valence-corrected chi connectivity index (χ2v) is 4.49. The van der Waals surface area contributed by atoms with E-state index in [0.717, 1.165) is 11.3 Å². The zero-order valence-corrected chi connectivity index (χ0v) is 10.9. The highest BCUT2D eigenvalue weighted by molar-refractivity contribution is 5.74. The number of rotatable bonds is 5. The topological polar surface area (TPSA) is 75.2 Å². The van der Waals surface area contributed by atoms with E-state index in [2.05, 4.69) is 9.97 Å². The molecule has 0 unspecified atom stereocenters. The van der Waals surface area contributed by atoms with Gasteiger partial charge in [-0.15, -0.1) is 0 Å². The molecule has 0 aliphatic heterocycles. The van der Waals surface area contributed by atoms with E-state index < -0.39 is 5.97 Å². The van der Waals surface area contributed by atoms with Gasteiger partial charge in [0.2, 0.25) is 0 Å². The van der Waals surface area contributed by atoms with Crippen molar-refractivity contribution in [2.75, 3.05) is 0 Å². The van der Waals surface area contributed by atoms with Crippen molar-refractivity contribution in [2.24, 2.45) is 0 Å². The fraction of sp³-hybridized carbons (Fsp3) is 0.286. The lowest BCUT2D eigenvalue weighted by Crippen LogP contribution is -2.05. The molecule has 1 aromatic heterocycles. The van der Waals surface area contributed by atoms with Crippen molar-refractivity contribution in [3.63, 3.8) is 0 Å². The SMILES string of the molecule is CC(C)Oc1ccc(-c2nc[nH]c2CC(=O)O)cc1. The van der Waals surface area contributed by atoms with Gasteiger partial charge in [-0.3, -0.25) is 4.79 Å². The van der Waals surface area contributed by atoms with Crippen LogP contribution in [0.1, 0.15) is 19.5 Å². The van der Waals surface area contributed by atoms with Gasteiger partial charge in [0, 0.05) is 5.56 Å². The molecule has 0 saturated heterocycles. The van der Waals surface area contributed by atoms with Crippen molar-refractivity contribution in [1.82, 2.24) is 9.97 Å². The van der Waals surface area contributed by atoms with Gasteiger partial charge in [0.25, 0.3) is 0 Å². The Morgan fingerprint density at radius 1 is 1.37 bits per heavy atom. The van der Waals surface area contributed by atoms with Crippen molar-refractivity contribution < 1.29 is 14.6 Å². The van der Waals surface area contributed by atoms with Crippen molar-refractivity contribution in [2.45, 2.75) is 26.4 Å². The zero-order valence-electron chi connectivity index (χ0n) is 10.9. The lowest BCUT2D eigenvalue weighted by atomic mass is 10.1. The molecule has 0 amide bonds. The predicted molar refractivity (Wildman–Crippen MR) is 71.1 cm³/mol. The number of carbonyl (C=O) groups is 1. The van der Waals surface area contributed by atoms with E-state index in [-0.39, 0.29) is 12.5 Å². The monoisotopic (exact) mass is 260 g/mol. The number of aromatic nitrogens is 2. The van der Waals surface area contributed by atoms with E-state index in [1.54, 1.807) is 0 Å². The summed E-state index contributed by atoms with van der Waals surface area (Å²) in [5.41, 5.74) is 2.14. The van der Waals surface area contributed by atoms with Crippen LogP contribution >= 0.6 is 0 Å². The minimum absolute atomic E-state index is 0.0699. The van der Waals surface area contributed by atoms with Crippen LogP contribution in [-0.4, -0.2) is 27.1 Å². The van der Waals surface area contributed by atoms with Gasteiger partial charge in [-0.1, -0.05) is 0 Å². The summed E-state index contributed by atoms with van der Waals surface area (Å²) in [6, 6.07) is 7.46. The number of aliphatic carboxylic acids is 1. The molecule has 100 valence electrons. The number of carboxylic acid groups (broad SMARTS) is 1. The molecule has 5 heteroatoms. The first-order valence-corrected chi connectivity index (χ1v) is 6.07. The molecule has 2 rings (SSSR count). The summed E-state index contributed by atoms with van der Waals surface area (Å²) in [4.78, 5) is 17.8. The molecule has 0 radical (unpaired) electrons. The predicted octanol–water partition coefficient (Wildman–Crippen LogP) is 2.49. The summed E-state index contributed by atoms with van der Waals surface area (Å²) >= 11 is 0. The quantitative estimate of drug-likeness (QED) is 0.866. The summed E-state index contributed by atoms with van der Waals surface area (Å²) < 4.78 is 5.56. The highest BCUT2D eigenvalue weighted by atomic mass is 16.5. The number of ether oxygens (including phenoxy) is 1. The third kappa shape index (κ3) is 3.34. The molecular formula is C14H16N2O3. The van der Waals surface area contributed by atoms with Crippen molar-refractivity contribution in [3.05, 3.63) is 36.3 Å². The van der Waals surface area contributed by atoms with Crippen LogP contribution in [0.5, 0.6) is 5.75 Å². The molecule has 0 saturated carbocycles. The maximum absolute atomic E-state index is 10.8. The Balaban J connectivity index is 2.22. The van der Waals surface area contributed by atoms with E-state index in [1.165, 1.54) is 6.33 Å². The van der Waals surface area contributed by atoms with Crippen LogP contribution < -0.4 is 4.74 Å². The number of imidazole rings is 1. The van der Waals surface area contributed by atoms with Crippen LogP contribution in [0.15, 0.2) is 30.6 Å². The smallest absolute Gasteiger partial charge is 0.309 e. The molecule has 0 atom stereocenters. The van der Waals surface area contributed by atoms with E-state index in [1.807, 2.05) is 38.1 Å². The molecule has 1 heterocycles.